The molecule has 138 valence electrons. The molecule has 0 fully saturated rings. The van der Waals surface area contributed by atoms with E-state index in [1.54, 1.807) is 6.07 Å². The zero-order valence-corrected chi connectivity index (χ0v) is 15.1. The van der Waals surface area contributed by atoms with E-state index in [4.69, 9.17) is 4.74 Å². The summed E-state index contributed by atoms with van der Waals surface area (Å²) in [5, 5.41) is 6.86. The fraction of sp³-hybridized carbons (Fsp3) is 0.368. The Morgan fingerprint density at radius 2 is 1.85 bits per heavy atom. The third-order valence-electron chi connectivity index (χ3n) is 3.76. The maximum Gasteiger partial charge on any atom is 0.328 e. The van der Waals surface area contributed by atoms with E-state index >= 15 is 0 Å². The number of benzene rings is 1. The highest BCUT2D eigenvalue weighted by molar-refractivity contribution is 5.84. The number of ether oxygens (including phenoxy) is 1. The summed E-state index contributed by atoms with van der Waals surface area (Å²) in [5.74, 6) is -0.784. The third-order valence-corrected chi connectivity index (χ3v) is 3.76. The van der Waals surface area contributed by atoms with Crippen molar-refractivity contribution in [3.63, 3.8) is 0 Å². The number of amides is 1. The van der Waals surface area contributed by atoms with Crippen LogP contribution >= 0.6 is 0 Å². The molecule has 7 heteroatoms. The first-order chi connectivity index (χ1) is 12.4. The molecular formula is C19H23N3O4. The van der Waals surface area contributed by atoms with Crippen molar-refractivity contribution in [2.24, 2.45) is 5.92 Å². The van der Waals surface area contributed by atoms with Gasteiger partial charge in [0.2, 0.25) is 5.91 Å². The van der Waals surface area contributed by atoms with E-state index in [2.05, 4.69) is 10.4 Å². The lowest BCUT2D eigenvalue weighted by molar-refractivity contribution is -0.145. The fourth-order valence-corrected chi connectivity index (χ4v) is 2.53. The Morgan fingerprint density at radius 3 is 2.46 bits per heavy atom. The molecule has 2 aromatic rings. The van der Waals surface area contributed by atoms with Gasteiger partial charge in [0, 0.05) is 11.6 Å². The van der Waals surface area contributed by atoms with Crippen molar-refractivity contribution < 1.29 is 14.3 Å². The molecule has 1 aromatic carbocycles. The molecule has 0 bridgehead atoms. The number of methoxy groups -OCH3 is 1. The number of nitrogens with zero attached hydrogens (tertiary/aromatic N) is 2. The predicted octanol–water partition coefficient (Wildman–Crippen LogP) is 1.61. The van der Waals surface area contributed by atoms with E-state index in [0.717, 1.165) is 10.2 Å². The number of nitrogens with one attached hydrogen (secondary N) is 1. The van der Waals surface area contributed by atoms with Gasteiger partial charge in [-0.15, -0.1) is 0 Å². The number of aromatic nitrogens is 2. The summed E-state index contributed by atoms with van der Waals surface area (Å²) >= 11 is 0. The largest absolute Gasteiger partial charge is 0.467 e. The van der Waals surface area contributed by atoms with Gasteiger partial charge in [-0.1, -0.05) is 44.2 Å². The third kappa shape index (κ3) is 5.27. The first-order valence-electron chi connectivity index (χ1n) is 8.41. The van der Waals surface area contributed by atoms with Crippen LogP contribution in [0.3, 0.4) is 0 Å². The molecule has 1 N–H and O–H groups in total. The average molecular weight is 357 g/mol. The smallest absolute Gasteiger partial charge is 0.328 e. The van der Waals surface area contributed by atoms with Crippen LogP contribution in [0.4, 0.5) is 0 Å². The molecule has 7 nitrogen and oxygen atoms in total. The standard InChI is InChI=1S/C19H23N3O4/c1-13(2)11-16(19(25)26-3)20-17(23)12-22-18(24)10-9-15(21-22)14-7-5-4-6-8-14/h4-10,13,16H,11-12H2,1-3H3,(H,20,23)/t16-/m1/s1. The molecule has 0 spiro atoms. The zero-order chi connectivity index (χ0) is 19.1. The van der Waals surface area contributed by atoms with Crippen molar-refractivity contribution in [2.75, 3.05) is 7.11 Å². The van der Waals surface area contributed by atoms with Gasteiger partial charge in [-0.3, -0.25) is 9.59 Å². The van der Waals surface area contributed by atoms with Crippen LogP contribution < -0.4 is 10.9 Å². The number of carbonyl (C=O) groups is 2. The summed E-state index contributed by atoms with van der Waals surface area (Å²) < 4.78 is 5.81. The summed E-state index contributed by atoms with van der Waals surface area (Å²) in [6.45, 7) is 3.61. The van der Waals surface area contributed by atoms with Gasteiger partial charge in [-0.2, -0.15) is 5.10 Å². The van der Waals surface area contributed by atoms with Gasteiger partial charge in [0.25, 0.3) is 5.56 Å². The first-order valence-corrected chi connectivity index (χ1v) is 8.41. The van der Waals surface area contributed by atoms with Gasteiger partial charge >= 0.3 is 5.97 Å². The Bertz CT molecular complexity index is 815. The van der Waals surface area contributed by atoms with Gasteiger partial charge < -0.3 is 10.1 Å². The first kappa shape index (κ1) is 19.4. The van der Waals surface area contributed by atoms with Crippen LogP contribution in [-0.2, 0) is 20.9 Å². The van der Waals surface area contributed by atoms with Crippen LogP contribution in [0.1, 0.15) is 20.3 Å². The molecule has 1 heterocycles. The molecule has 0 aliphatic heterocycles. The Hall–Kier alpha value is -2.96. The number of hydrogen-bond acceptors (Lipinski definition) is 5. The van der Waals surface area contributed by atoms with Crippen LogP contribution in [0.2, 0.25) is 0 Å². The summed E-state index contributed by atoms with van der Waals surface area (Å²) in [6, 6.07) is 11.6. The molecule has 0 radical (unpaired) electrons. The minimum Gasteiger partial charge on any atom is -0.467 e. The van der Waals surface area contributed by atoms with Crippen LogP contribution in [0.25, 0.3) is 11.3 Å². The second-order valence-electron chi connectivity index (χ2n) is 6.35. The molecule has 1 atom stereocenters. The topological polar surface area (TPSA) is 90.3 Å². The fourth-order valence-electron chi connectivity index (χ4n) is 2.53. The van der Waals surface area contributed by atoms with E-state index in [0.29, 0.717) is 12.1 Å². The predicted molar refractivity (Wildman–Crippen MR) is 97.3 cm³/mol. The van der Waals surface area contributed by atoms with Crippen molar-refractivity contribution in [3.05, 3.63) is 52.8 Å². The zero-order valence-electron chi connectivity index (χ0n) is 15.1. The Morgan fingerprint density at radius 1 is 1.15 bits per heavy atom. The molecule has 0 unspecified atom stereocenters. The van der Waals surface area contributed by atoms with Crippen LogP contribution in [0, 0.1) is 5.92 Å². The van der Waals surface area contributed by atoms with Gasteiger partial charge in [0.05, 0.1) is 12.8 Å². The number of carbonyl (C=O) groups excluding carboxylic acids is 2. The number of esters is 1. The van der Waals surface area contributed by atoms with Crippen LogP contribution in [-0.4, -0.2) is 34.8 Å². The van der Waals surface area contributed by atoms with Gasteiger partial charge in [-0.25, -0.2) is 9.48 Å². The lowest BCUT2D eigenvalue weighted by Gasteiger charge is -2.18. The Balaban J connectivity index is 2.15. The molecule has 0 saturated carbocycles. The van der Waals surface area contributed by atoms with E-state index in [1.807, 2.05) is 44.2 Å². The lowest BCUT2D eigenvalue weighted by Crippen LogP contribution is -2.44. The summed E-state index contributed by atoms with van der Waals surface area (Å²) in [6.07, 6.45) is 0.449. The minimum absolute atomic E-state index is 0.196. The van der Waals surface area contributed by atoms with Crippen molar-refractivity contribution in [1.29, 1.82) is 0 Å². The quantitative estimate of drug-likeness (QED) is 0.761. The van der Waals surface area contributed by atoms with Gasteiger partial charge in [0.15, 0.2) is 0 Å². The molecule has 1 aromatic heterocycles. The van der Waals surface area contributed by atoms with Gasteiger partial charge in [-0.05, 0) is 18.4 Å². The van der Waals surface area contributed by atoms with E-state index in [1.165, 1.54) is 13.2 Å². The maximum absolute atomic E-state index is 12.3. The summed E-state index contributed by atoms with van der Waals surface area (Å²) in [5.41, 5.74) is 1.04. The number of hydrogen-bond donors (Lipinski definition) is 1. The van der Waals surface area contributed by atoms with Crippen molar-refractivity contribution in [2.45, 2.75) is 32.9 Å². The normalized spacial score (nSPS) is 11.8. The van der Waals surface area contributed by atoms with Crippen molar-refractivity contribution in [1.82, 2.24) is 15.1 Å². The van der Waals surface area contributed by atoms with E-state index in [-0.39, 0.29) is 12.5 Å². The summed E-state index contributed by atoms with van der Waals surface area (Å²) in [4.78, 5) is 36.1. The second kappa shape index (κ2) is 8.94. The summed E-state index contributed by atoms with van der Waals surface area (Å²) in [7, 11) is 1.28. The number of rotatable bonds is 7. The average Bonchev–Trinajstić information content (AvgIpc) is 2.62. The maximum atomic E-state index is 12.3. The lowest BCUT2D eigenvalue weighted by atomic mass is 10.0. The van der Waals surface area contributed by atoms with Crippen molar-refractivity contribution >= 4 is 11.9 Å². The van der Waals surface area contributed by atoms with E-state index < -0.39 is 23.5 Å². The van der Waals surface area contributed by atoms with E-state index in [9.17, 15) is 14.4 Å². The molecule has 0 saturated heterocycles. The van der Waals surface area contributed by atoms with Gasteiger partial charge in [0.1, 0.15) is 12.6 Å². The molecule has 0 aliphatic carbocycles. The Labute approximate surface area is 152 Å². The van der Waals surface area contributed by atoms with Crippen molar-refractivity contribution in [3.8, 4) is 11.3 Å². The highest BCUT2D eigenvalue weighted by Gasteiger charge is 2.23. The van der Waals surface area contributed by atoms with Crippen LogP contribution in [0.15, 0.2) is 47.3 Å². The highest BCUT2D eigenvalue weighted by Crippen LogP contribution is 2.14. The second-order valence-corrected chi connectivity index (χ2v) is 6.35. The Kier molecular flexibility index (Phi) is 6.66. The monoisotopic (exact) mass is 357 g/mol. The highest BCUT2D eigenvalue weighted by atomic mass is 16.5. The molecule has 26 heavy (non-hydrogen) atoms. The minimum atomic E-state index is -0.750. The SMILES string of the molecule is COC(=O)[C@@H](CC(C)C)NC(=O)Cn1nc(-c2ccccc2)ccc1=O. The molecule has 1 amide bonds. The molecule has 0 aliphatic rings. The molecule has 2 rings (SSSR count). The van der Waals surface area contributed by atoms with Crippen LogP contribution in [0.5, 0.6) is 0 Å². The molecular weight excluding hydrogens is 334 g/mol.